The van der Waals surface area contributed by atoms with Crippen LogP contribution in [0.15, 0.2) is 0 Å². The summed E-state index contributed by atoms with van der Waals surface area (Å²) in [6.45, 7) is 9.28. The summed E-state index contributed by atoms with van der Waals surface area (Å²) < 4.78 is 0. The van der Waals surface area contributed by atoms with E-state index in [1.54, 1.807) is 0 Å². The molecule has 2 rings (SSSR count). The van der Waals surface area contributed by atoms with E-state index in [9.17, 15) is 5.11 Å². The highest BCUT2D eigenvalue weighted by atomic mass is 16.3. The Morgan fingerprint density at radius 2 is 1.68 bits per heavy atom. The predicted octanol–water partition coefficient (Wildman–Crippen LogP) is 3.83. The number of rotatable bonds is 4. The van der Waals surface area contributed by atoms with Gasteiger partial charge in [-0.1, -0.05) is 33.1 Å². The van der Waals surface area contributed by atoms with Crippen LogP contribution >= 0.6 is 0 Å². The second kappa shape index (κ2) is 6.58. The quantitative estimate of drug-likeness (QED) is 0.837. The van der Waals surface area contributed by atoms with E-state index in [1.807, 2.05) is 0 Å². The van der Waals surface area contributed by atoms with Crippen LogP contribution in [0.5, 0.6) is 0 Å². The molecule has 0 aromatic heterocycles. The molecule has 2 aliphatic rings. The highest BCUT2D eigenvalue weighted by Gasteiger charge is 2.42. The number of hydrogen-bond acceptors (Lipinski definition) is 2. The van der Waals surface area contributed by atoms with Gasteiger partial charge in [0.2, 0.25) is 0 Å². The van der Waals surface area contributed by atoms with E-state index >= 15 is 0 Å². The Labute approximate surface area is 119 Å². The van der Waals surface area contributed by atoms with Crippen molar-refractivity contribution in [2.45, 2.75) is 83.8 Å². The first kappa shape index (κ1) is 15.3. The molecule has 112 valence electrons. The van der Waals surface area contributed by atoms with Crippen LogP contribution in [0.3, 0.4) is 0 Å². The van der Waals surface area contributed by atoms with Crippen molar-refractivity contribution < 1.29 is 5.11 Å². The van der Waals surface area contributed by atoms with E-state index in [1.165, 1.54) is 58.0 Å². The molecule has 0 aromatic rings. The van der Waals surface area contributed by atoms with E-state index in [0.717, 1.165) is 12.3 Å². The maximum absolute atomic E-state index is 11.0. The molecule has 0 spiro atoms. The molecule has 1 heterocycles. The van der Waals surface area contributed by atoms with Crippen molar-refractivity contribution in [2.24, 2.45) is 11.8 Å². The minimum Gasteiger partial charge on any atom is -0.391 e. The van der Waals surface area contributed by atoms with E-state index < -0.39 is 0 Å². The van der Waals surface area contributed by atoms with Crippen LogP contribution in [-0.4, -0.2) is 34.7 Å². The van der Waals surface area contributed by atoms with Gasteiger partial charge in [0, 0.05) is 5.54 Å². The Balaban J connectivity index is 2.02. The number of likely N-dealkylation sites (tertiary alicyclic amines) is 1. The van der Waals surface area contributed by atoms with Crippen LogP contribution in [0, 0.1) is 11.8 Å². The molecule has 1 aliphatic heterocycles. The van der Waals surface area contributed by atoms with E-state index in [0.29, 0.717) is 5.92 Å². The van der Waals surface area contributed by atoms with Crippen LogP contribution in [0.25, 0.3) is 0 Å². The summed E-state index contributed by atoms with van der Waals surface area (Å²) in [6, 6.07) is 0. The van der Waals surface area contributed by atoms with Gasteiger partial charge in [-0.25, -0.2) is 0 Å². The molecule has 2 unspecified atom stereocenters. The number of hydrogen-bond donors (Lipinski definition) is 1. The standard InChI is InChI=1S/C17H33NO/c1-4-17(3,18-12-6-5-7-13-18)16(19)15-10-8-14(2)9-11-15/h14-16,19H,4-13H2,1-3H3. The topological polar surface area (TPSA) is 23.5 Å². The Bertz CT molecular complexity index is 266. The third-order valence-electron chi connectivity index (χ3n) is 5.94. The first-order valence-corrected chi connectivity index (χ1v) is 8.51. The fourth-order valence-corrected chi connectivity index (χ4v) is 4.13. The van der Waals surface area contributed by atoms with Gasteiger partial charge in [-0.05, 0) is 64.0 Å². The number of aliphatic hydroxyl groups excluding tert-OH is 1. The molecule has 2 nitrogen and oxygen atoms in total. The second-order valence-corrected chi connectivity index (χ2v) is 7.22. The van der Waals surface area contributed by atoms with Crippen molar-refractivity contribution in [2.75, 3.05) is 13.1 Å². The zero-order chi connectivity index (χ0) is 13.9. The number of nitrogens with zero attached hydrogens (tertiary/aromatic N) is 1. The molecule has 0 bridgehead atoms. The van der Waals surface area contributed by atoms with Crippen molar-refractivity contribution in [3.8, 4) is 0 Å². The van der Waals surface area contributed by atoms with Crippen LogP contribution < -0.4 is 0 Å². The van der Waals surface area contributed by atoms with Gasteiger partial charge in [0.05, 0.1) is 6.10 Å². The highest BCUT2D eigenvalue weighted by molar-refractivity contribution is 4.96. The van der Waals surface area contributed by atoms with Crippen molar-refractivity contribution in [1.82, 2.24) is 4.90 Å². The van der Waals surface area contributed by atoms with E-state index in [-0.39, 0.29) is 11.6 Å². The zero-order valence-electron chi connectivity index (χ0n) is 13.2. The maximum Gasteiger partial charge on any atom is 0.0749 e. The molecule has 0 amide bonds. The lowest BCUT2D eigenvalue weighted by molar-refractivity contribution is -0.0709. The van der Waals surface area contributed by atoms with Gasteiger partial charge in [0.15, 0.2) is 0 Å². The first-order chi connectivity index (χ1) is 9.08. The summed E-state index contributed by atoms with van der Waals surface area (Å²) in [5, 5.41) is 11.0. The van der Waals surface area contributed by atoms with Crippen LogP contribution in [-0.2, 0) is 0 Å². The maximum atomic E-state index is 11.0. The molecule has 1 saturated heterocycles. The summed E-state index contributed by atoms with van der Waals surface area (Å²) >= 11 is 0. The first-order valence-electron chi connectivity index (χ1n) is 8.51. The molecule has 1 N–H and O–H groups in total. The van der Waals surface area contributed by atoms with Gasteiger partial charge in [0.25, 0.3) is 0 Å². The monoisotopic (exact) mass is 267 g/mol. The van der Waals surface area contributed by atoms with Crippen molar-refractivity contribution in [3.05, 3.63) is 0 Å². The minimum atomic E-state index is -0.136. The molecule has 1 aliphatic carbocycles. The van der Waals surface area contributed by atoms with Gasteiger partial charge in [0.1, 0.15) is 0 Å². The second-order valence-electron chi connectivity index (χ2n) is 7.22. The normalized spacial score (nSPS) is 34.7. The minimum absolute atomic E-state index is 0.00562. The third kappa shape index (κ3) is 3.33. The molecule has 2 atom stereocenters. The van der Waals surface area contributed by atoms with Crippen molar-refractivity contribution in [3.63, 3.8) is 0 Å². The zero-order valence-corrected chi connectivity index (χ0v) is 13.2. The molecule has 2 heteroatoms. The van der Waals surface area contributed by atoms with E-state index in [2.05, 4.69) is 25.7 Å². The summed E-state index contributed by atoms with van der Waals surface area (Å²) in [7, 11) is 0. The van der Waals surface area contributed by atoms with Gasteiger partial charge in [-0.3, -0.25) is 4.90 Å². The fourth-order valence-electron chi connectivity index (χ4n) is 4.13. The lowest BCUT2D eigenvalue weighted by Gasteiger charge is -2.49. The van der Waals surface area contributed by atoms with Crippen LogP contribution in [0.1, 0.15) is 72.1 Å². The van der Waals surface area contributed by atoms with Gasteiger partial charge < -0.3 is 5.11 Å². The summed E-state index contributed by atoms with van der Waals surface area (Å²) in [4.78, 5) is 2.58. The average Bonchev–Trinajstić information content (AvgIpc) is 2.47. The molecule has 1 saturated carbocycles. The molecule has 0 radical (unpaired) electrons. The molecular formula is C17H33NO. The van der Waals surface area contributed by atoms with Crippen molar-refractivity contribution >= 4 is 0 Å². The molecular weight excluding hydrogens is 234 g/mol. The Hall–Kier alpha value is -0.0800. The molecule has 19 heavy (non-hydrogen) atoms. The van der Waals surface area contributed by atoms with Gasteiger partial charge in [-0.2, -0.15) is 0 Å². The van der Waals surface area contributed by atoms with Crippen LogP contribution in [0.2, 0.25) is 0 Å². The molecule has 0 aromatic carbocycles. The van der Waals surface area contributed by atoms with Gasteiger partial charge in [-0.15, -0.1) is 0 Å². The summed E-state index contributed by atoms with van der Waals surface area (Å²) in [5.74, 6) is 1.40. The average molecular weight is 267 g/mol. The number of aliphatic hydroxyl groups is 1. The largest absolute Gasteiger partial charge is 0.391 e. The molecule has 2 fully saturated rings. The fraction of sp³-hybridized carbons (Fsp3) is 1.00. The SMILES string of the molecule is CCC(C)(C(O)C1CCC(C)CC1)N1CCCCC1. The van der Waals surface area contributed by atoms with Gasteiger partial charge >= 0.3 is 0 Å². The third-order valence-corrected chi connectivity index (χ3v) is 5.94. The van der Waals surface area contributed by atoms with Crippen LogP contribution in [0.4, 0.5) is 0 Å². The Morgan fingerprint density at radius 3 is 2.21 bits per heavy atom. The summed E-state index contributed by atoms with van der Waals surface area (Å²) in [5.41, 5.74) is 0.00562. The van der Waals surface area contributed by atoms with E-state index in [4.69, 9.17) is 0 Å². The predicted molar refractivity (Wildman–Crippen MR) is 81.2 cm³/mol. The number of piperidine rings is 1. The lowest BCUT2D eigenvalue weighted by Crippen LogP contribution is -2.58. The highest BCUT2D eigenvalue weighted by Crippen LogP contribution is 2.38. The Morgan fingerprint density at radius 1 is 1.11 bits per heavy atom. The lowest BCUT2D eigenvalue weighted by atomic mass is 9.73. The Kier molecular flexibility index (Phi) is 5.30. The smallest absolute Gasteiger partial charge is 0.0749 e. The van der Waals surface area contributed by atoms with Crippen molar-refractivity contribution in [1.29, 1.82) is 0 Å². The summed E-state index contributed by atoms with van der Waals surface area (Å²) in [6.07, 6.45) is 9.99.